The number of benzene rings is 1. The summed E-state index contributed by atoms with van der Waals surface area (Å²) in [4.78, 5) is 25.3. The molecular formula is C22H36N2O3S. The van der Waals surface area contributed by atoms with Crippen LogP contribution in [-0.2, 0) is 16.1 Å². The average molecular weight is 409 g/mol. The van der Waals surface area contributed by atoms with Gasteiger partial charge in [0.15, 0.2) is 0 Å². The molecule has 6 heteroatoms. The van der Waals surface area contributed by atoms with Crippen molar-refractivity contribution in [1.29, 1.82) is 0 Å². The third kappa shape index (κ3) is 10.7. The Labute approximate surface area is 174 Å². The summed E-state index contributed by atoms with van der Waals surface area (Å²) >= 11 is 1.78. The number of nitrogens with one attached hydrogen (secondary N) is 1. The Balaban J connectivity index is 2.15. The van der Waals surface area contributed by atoms with Crippen LogP contribution in [0.1, 0.15) is 52.0 Å². The molecule has 1 aromatic carbocycles. The first kappa shape index (κ1) is 24.5. The smallest absolute Gasteiger partial charge is 0.303 e. The third-order valence-corrected chi connectivity index (χ3v) is 6.19. The van der Waals surface area contributed by atoms with Gasteiger partial charge in [0.1, 0.15) is 0 Å². The highest BCUT2D eigenvalue weighted by atomic mass is 32.2. The van der Waals surface area contributed by atoms with Crippen molar-refractivity contribution in [1.82, 2.24) is 10.2 Å². The molecule has 1 atom stereocenters. The van der Waals surface area contributed by atoms with Crippen molar-refractivity contribution >= 4 is 23.6 Å². The number of hydrogen-bond acceptors (Lipinski definition) is 4. The number of aliphatic carboxylic acids is 1. The van der Waals surface area contributed by atoms with Crippen LogP contribution >= 0.6 is 11.8 Å². The second-order valence-electron chi connectivity index (χ2n) is 7.55. The van der Waals surface area contributed by atoms with E-state index in [4.69, 9.17) is 5.11 Å². The van der Waals surface area contributed by atoms with E-state index in [-0.39, 0.29) is 17.7 Å². The normalized spacial score (nSPS) is 13.3. The van der Waals surface area contributed by atoms with Gasteiger partial charge in [-0.2, -0.15) is 11.8 Å². The van der Waals surface area contributed by atoms with Crippen LogP contribution in [-0.4, -0.2) is 53.0 Å². The quantitative estimate of drug-likeness (QED) is 0.429. The second-order valence-corrected chi connectivity index (χ2v) is 8.78. The van der Waals surface area contributed by atoms with E-state index in [2.05, 4.69) is 29.3 Å². The van der Waals surface area contributed by atoms with Gasteiger partial charge >= 0.3 is 5.97 Å². The van der Waals surface area contributed by atoms with Crippen molar-refractivity contribution in [3.05, 3.63) is 35.9 Å². The molecule has 0 saturated heterocycles. The van der Waals surface area contributed by atoms with Gasteiger partial charge in [-0.25, -0.2) is 0 Å². The lowest BCUT2D eigenvalue weighted by molar-refractivity contribution is -0.139. The molecule has 0 aromatic heterocycles. The summed E-state index contributed by atoms with van der Waals surface area (Å²) in [5, 5.41) is 12.0. The summed E-state index contributed by atoms with van der Waals surface area (Å²) in [5.41, 5.74) is 1.13. The summed E-state index contributed by atoms with van der Waals surface area (Å²) in [6, 6.07) is 10.3. The Hall–Kier alpha value is -1.53. The van der Waals surface area contributed by atoms with Crippen molar-refractivity contribution in [3.63, 3.8) is 0 Å². The Morgan fingerprint density at radius 1 is 1.18 bits per heavy atom. The fourth-order valence-corrected chi connectivity index (χ4v) is 4.06. The lowest BCUT2D eigenvalue weighted by Gasteiger charge is -2.26. The lowest BCUT2D eigenvalue weighted by atomic mass is 9.81. The number of carboxylic acid groups (broad SMARTS) is 1. The van der Waals surface area contributed by atoms with Gasteiger partial charge < -0.3 is 10.4 Å². The molecule has 1 unspecified atom stereocenters. The molecule has 0 spiro atoms. The Morgan fingerprint density at radius 2 is 1.89 bits per heavy atom. The average Bonchev–Trinajstić information content (AvgIpc) is 2.68. The van der Waals surface area contributed by atoms with E-state index in [1.807, 2.05) is 32.0 Å². The molecule has 0 saturated carbocycles. The summed E-state index contributed by atoms with van der Waals surface area (Å²) < 4.78 is 0. The van der Waals surface area contributed by atoms with Crippen molar-refractivity contribution in [2.24, 2.45) is 5.41 Å². The monoisotopic (exact) mass is 408 g/mol. The molecule has 0 heterocycles. The standard InChI is InChI=1S/C22H36N2O3S/c1-4-22(3,17-21(26)27)12-15-28-16-13-23-20(25)11-14-24(5-2)18-19-9-7-6-8-10-19/h6-10H,4-5,11-18H2,1-3H3,(H,23,25)(H,26,27). The van der Waals surface area contributed by atoms with Gasteiger partial charge in [0.05, 0.1) is 6.42 Å². The summed E-state index contributed by atoms with van der Waals surface area (Å²) in [5.74, 6) is 1.15. The van der Waals surface area contributed by atoms with Crippen LogP contribution < -0.4 is 5.32 Å². The summed E-state index contributed by atoms with van der Waals surface area (Å²) in [7, 11) is 0. The molecule has 1 rings (SSSR count). The minimum Gasteiger partial charge on any atom is -0.481 e. The molecule has 28 heavy (non-hydrogen) atoms. The van der Waals surface area contributed by atoms with E-state index in [1.54, 1.807) is 11.8 Å². The topological polar surface area (TPSA) is 69.6 Å². The van der Waals surface area contributed by atoms with E-state index in [9.17, 15) is 9.59 Å². The van der Waals surface area contributed by atoms with E-state index in [1.165, 1.54) is 5.56 Å². The summed E-state index contributed by atoms with van der Waals surface area (Å²) in [6.07, 6.45) is 2.49. The Kier molecular flexibility index (Phi) is 11.9. The number of hydrogen-bond donors (Lipinski definition) is 2. The number of amides is 1. The number of carboxylic acids is 1. The molecule has 5 nitrogen and oxygen atoms in total. The van der Waals surface area contributed by atoms with Gasteiger partial charge in [0.2, 0.25) is 5.91 Å². The van der Waals surface area contributed by atoms with E-state index >= 15 is 0 Å². The van der Waals surface area contributed by atoms with Crippen LogP contribution in [0.4, 0.5) is 0 Å². The Bertz CT molecular complexity index is 582. The number of carbonyl (C=O) groups is 2. The van der Waals surface area contributed by atoms with Crippen LogP contribution in [0.2, 0.25) is 0 Å². The first-order valence-electron chi connectivity index (χ1n) is 10.2. The van der Waals surface area contributed by atoms with Crippen molar-refractivity contribution < 1.29 is 14.7 Å². The molecule has 1 amide bonds. The van der Waals surface area contributed by atoms with E-state index in [0.29, 0.717) is 13.0 Å². The van der Waals surface area contributed by atoms with Crippen LogP contribution in [0.15, 0.2) is 30.3 Å². The number of thioether (sulfide) groups is 1. The van der Waals surface area contributed by atoms with E-state index < -0.39 is 5.97 Å². The predicted octanol–water partition coefficient (Wildman–Crippen LogP) is 4.03. The van der Waals surface area contributed by atoms with Gasteiger partial charge in [0.25, 0.3) is 0 Å². The van der Waals surface area contributed by atoms with Crippen LogP contribution in [0.25, 0.3) is 0 Å². The van der Waals surface area contributed by atoms with Crippen LogP contribution in [0, 0.1) is 5.41 Å². The van der Waals surface area contributed by atoms with Crippen LogP contribution in [0.5, 0.6) is 0 Å². The number of carbonyl (C=O) groups excluding carboxylic acids is 1. The highest BCUT2D eigenvalue weighted by Crippen LogP contribution is 2.31. The second kappa shape index (κ2) is 13.6. The minimum absolute atomic E-state index is 0.0939. The number of nitrogens with zero attached hydrogens (tertiary/aromatic N) is 1. The van der Waals surface area contributed by atoms with Gasteiger partial charge in [0, 0.05) is 31.8 Å². The molecule has 2 N–H and O–H groups in total. The van der Waals surface area contributed by atoms with E-state index in [0.717, 1.165) is 44.0 Å². The fourth-order valence-electron chi connectivity index (χ4n) is 2.98. The largest absolute Gasteiger partial charge is 0.481 e. The molecule has 0 aliphatic rings. The highest BCUT2D eigenvalue weighted by Gasteiger charge is 2.24. The summed E-state index contributed by atoms with van der Waals surface area (Å²) in [6.45, 7) is 9.41. The molecule has 1 aromatic rings. The van der Waals surface area contributed by atoms with Crippen molar-refractivity contribution in [3.8, 4) is 0 Å². The zero-order chi connectivity index (χ0) is 20.8. The van der Waals surface area contributed by atoms with Gasteiger partial charge in [-0.3, -0.25) is 14.5 Å². The van der Waals surface area contributed by atoms with Gasteiger partial charge in [-0.1, -0.05) is 57.5 Å². The molecule has 0 aliphatic heterocycles. The maximum Gasteiger partial charge on any atom is 0.303 e. The molecule has 0 fully saturated rings. The minimum atomic E-state index is -0.727. The van der Waals surface area contributed by atoms with Crippen molar-refractivity contribution in [2.45, 2.75) is 53.0 Å². The maximum absolute atomic E-state index is 12.1. The fraction of sp³-hybridized carbons (Fsp3) is 0.636. The first-order valence-corrected chi connectivity index (χ1v) is 11.4. The predicted molar refractivity (Wildman–Crippen MR) is 118 cm³/mol. The SMILES string of the molecule is CCN(CCC(=O)NCCSCCC(C)(CC)CC(=O)O)Cc1ccccc1. The number of rotatable bonds is 15. The van der Waals surface area contributed by atoms with Crippen molar-refractivity contribution in [2.75, 3.05) is 31.1 Å². The lowest BCUT2D eigenvalue weighted by Crippen LogP contribution is -2.31. The molecule has 0 aliphatic carbocycles. The first-order chi connectivity index (χ1) is 13.4. The van der Waals surface area contributed by atoms with Gasteiger partial charge in [-0.05, 0) is 29.7 Å². The molecule has 0 radical (unpaired) electrons. The zero-order valence-corrected chi connectivity index (χ0v) is 18.4. The molecular weight excluding hydrogens is 372 g/mol. The van der Waals surface area contributed by atoms with Gasteiger partial charge in [-0.15, -0.1) is 0 Å². The maximum atomic E-state index is 12.1. The zero-order valence-electron chi connectivity index (χ0n) is 17.6. The molecule has 0 bridgehead atoms. The van der Waals surface area contributed by atoms with Crippen LogP contribution in [0.3, 0.4) is 0 Å². The molecule has 158 valence electrons. The Morgan fingerprint density at radius 3 is 2.50 bits per heavy atom. The highest BCUT2D eigenvalue weighted by molar-refractivity contribution is 7.99. The third-order valence-electron chi connectivity index (χ3n) is 5.20.